The van der Waals surface area contributed by atoms with Crippen LogP contribution in [-0.2, 0) is 11.3 Å². The molecule has 0 atom stereocenters. The number of carbonyl (C=O) groups is 1. The topological polar surface area (TPSA) is 81.4 Å². The zero-order valence-electron chi connectivity index (χ0n) is 11.9. The standard InChI is InChI=1S/C14H15FN2O4/c1-14(2,3)21-13(19)16-7-10-17-9-6-4-5-8(15)11(9)12(18)20-10/h4-6H,7H2,1-3H3,(H,16,19). The highest BCUT2D eigenvalue weighted by Gasteiger charge is 2.17. The van der Waals surface area contributed by atoms with Gasteiger partial charge in [0, 0.05) is 0 Å². The van der Waals surface area contributed by atoms with E-state index in [0.717, 1.165) is 6.07 Å². The number of hydrogen-bond acceptors (Lipinski definition) is 5. The summed E-state index contributed by atoms with van der Waals surface area (Å²) in [6, 6.07) is 4.08. The van der Waals surface area contributed by atoms with Crippen LogP contribution in [-0.4, -0.2) is 16.7 Å². The van der Waals surface area contributed by atoms with E-state index >= 15 is 0 Å². The molecule has 2 aromatic rings. The number of ether oxygens (including phenoxy) is 1. The van der Waals surface area contributed by atoms with Gasteiger partial charge in [-0.3, -0.25) is 0 Å². The smallest absolute Gasteiger partial charge is 0.408 e. The first-order valence-corrected chi connectivity index (χ1v) is 6.31. The molecular formula is C14H15FN2O4. The lowest BCUT2D eigenvalue weighted by Crippen LogP contribution is -2.32. The monoisotopic (exact) mass is 294 g/mol. The molecule has 1 N–H and O–H groups in total. The van der Waals surface area contributed by atoms with Gasteiger partial charge in [-0.2, -0.15) is 0 Å². The molecule has 0 spiro atoms. The van der Waals surface area contributed by atoms with E-state index in [1.807, 2.05) is 0 Å². The average Bonchev–Trinajstić information content (AvgIpc) is 2.34. The van der Waals surface area contributed by atoms with E-state index < -0.39 is 23.1 Å². The molecule has 0 radical (unpaired) electrons. The molecule has 0 fully saturated rings. The van der Waals surface area contributed by atoms with E-state index in [4.69, 9.17) is 9.15 Å². The summed E-state index contributed by atoms with van der Waals surface area (Å²) in [6.45, 7) is 5.05. The van der Waals surface area contributed by atoms with E-state index in [9.17, 15) is 14.0 Å². The van der Waals surface area contributed by atoms with Crippen molar-refractivity contribution in [1.82, 2.24) is 10.3 Å². The molecule has 1 heterocycles. The van der Waals surface area contributed by atoms with Gasteiger partial charge < -0.3 is 14.5 Å². The number of halogens is 1. The van der Waals surface area contributed by atoms with E-state index in [-0.39, 0.29) is 23.3 Å². The predicted octanol–water partition coefficient (Wildman–Crippen LogP) is 2.35. The number of hydrogen-bond donors (Lipinski definition) is 1. The molecule has 1 aromatic heterocycles. The number of carbonyl (C=O) groups excluding carboxylic acids is 1. The van der Waals surface area contributed by atoms with Crippen molar-refractivity contribution in [2.24, 2.45) is 0 Å². The lowest BCUT2D eigenvalue weighted by Gasteiger charge is -2.19. The van der Waals surface area contributed by atoms with Crippen molar-refractivity contribution >= 4 is 17.0 Å². The van der Waals surface area contributed by atoms with Gasteiger partial charge in [0.05, 0.1) is 12.1 Å². The number of rotatable bonds is 2. The fourth-order valence-electron chi connectivity index (χ4n) is 1.66. The summed E-state index contributed by atoms with van der Waals surface area (Å²) >= 11 is 0. The van der Waals surface area contributed by atoms with Crippen molar-refractivity contribution in [3.8, 4) is 0 Å². The second-order valence-corrected chi connectivity index (χ2v) is 5.38. The lowest BCUT2D eigenvalue weighted by molar-refractivity contribution is 0.0518. The maximum atomic E-state index is 13.5. The van der Waals surface area contributed by atoms with Crippen molar-refractivity contribution in [2.75, 3.05) is 0 Å². The molecule has 0 aliphatic rings. The van der Waals surface area contributed by atoms with Crippen molar-refractivity contribution in [1.29, 1.82) is 0 Å². The highest BCUT2D eigenvalue weighted by Crippen LogP contribution is 2.12. The summed E-state index contributed by atoms with van der Waals surface area (Å²) < 4.78 is 23.4. The Morgan fingerprint density at radius 2 is 2.14 bits per heavy atom. The number of fused-ring (bicyclic) bond motifs is 1. The van der Waals surface area contributed by atoms with Crippen LogP contribution in [0.2, 0.25) is 0 Å². The normalized spacial score (nSPS) is 11.4. The van der Waals surface area contributed by atoms with Crippen LogP contribution in [0.15, 0.2) is 27.4 Å². The van der Waals surface area contributed by atoms with Gasteiger partial charge in [0.25, 0.3) is 0 Å². The lowest BCUT2D eigenvalue weighted by atomic mass is 10.2. The third-order valence-corrected chi connectivity index (χ3v) is 2.43. The van der Waals surface area contributed by atoms with Crippen molar-refractivity contribution in [3.63, 3.8) is 0 Å². The third kappa shape index (κ3) is 3.77. The van der Waals surface area contributed by atoms with Crippen molar-refractivity contribution in [2.45, 2.75) is 32.9 Å². The Morgan fingerprint density at radius 1 is 1.43 bits per heavy atom. The van der Waals surface area contributed by atoms with Gasteiger partial charge in [0.15, 0.2) is 0 Å². The Hall–Kier alpha value is -2.44. The minimum Gasteiger partial charge on any atom is -0.444 e. The van der Waals surface area contributed by atoms with Crippen LogP contribution in [0.3, 0.4) is 0 Å². The molecule has 7 heteroatoms. The van der Waals surface area contributed by atoms with Crippen LogP contribution >= 0.6 is 0 Å². The Kier molecular flexibility index (Phi) is 3.93. The molecule has 112 valence electrons. The number of benzene rings is 1. The van der Waals surface area contributed by atoms with Gasteiger partial charge >= 0.3 is 11.7 Å². The predicted molar refractivity (Wildman–Crippen MR) is 73.3 cm³/mol. The summed E-state index contributed by atoms with van der Waals surface area (Å²) in [4.78, 5) is 27.2. The van der Waals surface area contributed by atoms with E-state index in [1.54, 1.807) is 20.8 Å². The third-order valence-electron chi connectivity index (χ3n) is 2.43. The zero-order valence-corrected chi connectivity index (χ0v) is 11.9. The maximum Gasteiger partial charge on any atom is 0.408 e. The summed E-state index contributed by atoms with van der Waals surface area (Å²) in [6.07, 6.45) is -0.661. The highest BCUT2D eigenvalue weighted by atomic mass is 19.1. The van der Waals surface area contributed by atoms with E-state index in [2.05, 4.69) is 10.3 Å². The largest absolute Gasteiger partial charge is 0.444 e. The number of alkyl carbamates (subject to hydrolysis) is 1. The van der Waals surface area contributed by atoms with Gasteiger partial charge in [0.1, 0.15) is 16.8 Å². The Morgan fingerprint density at radius 3 is 2.81 bits per heavy atom. The first-order valence-electron chi connectivity index (χ1n) is 6.31. The Balaban J connectivity index is 2.17. The van der Waals surface area contributed by atoms with Crippen LogP contribution in [0, 0.1) is 5.82 Å². The summed E-state index contributed by atoms with van der Waals surface area (Å²) in [7, 11) is 0. The number of nitrogens with one attached hydrogen (secondary N) is 1. The minimum absolute atomic E-state index is 0.0241. The Bertz CT molecular complexity index is 734. The van der Waals surface area contributed by atoms with Crippen LogP contribution in [0.5, 0.6) is 0 Å². The molecule has 0 saturated heterocycles. The van der Waals surface area contributed by atoms with E-state index in [1.165, 1.54) is 12.1 Å². The van der Waals surface area contributed by atoms with Crippen molar-refractivity contribution < 1.29 is 18.3 Å². The van der Waals surface area contributed by atoms with Crippen LogP contribution in [0.1, 0.15) is 26.7 Å². The Labute approximate surface area is 119 Å². The van der Waals surface area contributed by atoms with Gasteiger partial charge in [-0.1, -0.05) is 6.07 Å². The SMILES string of the molecule is CC(C)(C)OC(=O)NCc1nc2cccc(F)c2c(=O)o1. The number of amides is 1. The highest BCUT2D eigenvalue weighted by molar-refractivity contribution is 5.77. The van der Waals surface area contributed by atoms with E-state index in [0.29, 0.717) is 0 Å². The van der Waals surface area contributed by atoms with Gasteiger partial charge in [-0.15, -0.1) is 0 Å². The second-order valence-electron chi connectivity index (χ2n) is 5.38. The molecular weight excluding hydrogens is 279 g/mol. The van der Waals surface area contributed by atoms with Gasteiger partial charge in [-0.25, -0.2) is 19.0 Å². The molecule has 0 bridgehead atoms. The average molecular weight is 294 g/mol. The molecule has 0 aliphatic carbocycles. The molecule has 0 aliphatic heterocycles. The van der Waals surface area contributed by atoms with Crippen LogP contribution < -0.4 is 10.9 Å². The summed E-state index contributed by atoms with van der Waals surface area (Å²) in [5.41, 5.74) is -1.29. The quantitative estimate of drug-likeness (QED) is 0.919. The second kappa shape index (κ2) is 5.51. The van der Waals surface area contributed by atoms with Crippen molar-refractivity contribution in [3.05, 3.63) is 40.3 Å². The fraction of sp³-hybridized carbons (Fsp3) is 0.357. The summed E-state index contributed by atoms with van der Waals surface area (Å²) in [5.74, 6) is -0.718. The zero-order chi connectivity index (χ0) is 15.6. The van der Waals surface area contributed by atoms with Gasteiger partial charge in [-0.05, 0) is 32.9 Å². The van der Waals surface area contributed by atoms with Crippen LogP contribution in [0.4, 0.5) is 9.18 Å². The molecule has 21 heavy (non-hydrogen) atoms. The fourth-order valence-corrected chi connectivity index (χ4v) is 1.66. The van der Waals surface area contributed by atoms with Gasteiger partial charge in [0.2, 0.25) is 5.89 Å². The van der Waals surface area contributed by atoms with Crippen LogP contribution in [0.25, 0.3) is 10.9 Å². The molecule has 1 amide bonds. The number of aromatic nitrogens is 1. The first-order chi connectivity index (χ1) is 9.76. The molecule has 2 rings (SSSR count). The molecule has 1 aromatic carbocycles. The molecule has 0 unspecified atom stereocenters. The minimum atomic E-state index is -0.834. The maximum absolute atomic E-state index is 13.5. The molecule has 6 nitrogen and oxygen atoms in total. The molecule has 0 saturated carbocycles. The number of nitrogens with zero attached hydrogens (tertiary/aromatic N) is 1. The summed E-state index contributed by atoms with van der Waals surface area (Å²) in [5, 5.41) is 2.20. The first kappa shape index (κ1) is 15.0.